The largest absolute Gasteiger partial charge is 0.507 e. The lowest BCUT2D eigenvalue weighted by Crippen LogP contribution is -2.05. The second-order valence-electron chi connectivity index (χ2n) is 11.9. The lowest BCUT2D eigenvalue weighted by Gasteiger charge is -2.14. The van der Waals surface area contributed by atoms with E-state index in [9.17, 15) is 14.7 Å². The minimum absolute atomic E-state index is 0.222. The zero-order valence-corrected chi connectivity index (χ0v) is 31.7. The van der Waals surface area contributed by atoms with Gasteiger partial charge in [0.05, 0.1) is 27.1 Å². The number of hydrogen-bond acceptors (Lipinski definition) is 10. The quantitative estimate of drug-likeness (QED) is 0.175. The van der Waals surface area contributed by atoms with Gasteiger partial charge in [-0.05, 0) is 90.1 Å². The molecule has 0 unspecified atom stereocenters. The molecule has 2 heterocycles. The van der Waals surface area contributed by atoms with Crippen molar-refractivity contribution in [2.45, 2.75) is 80.1 Å². The van der Waals surface area contributed by atoms with Crippen LogP contribution < -0.4 is 4.74 Å². The number of rotatable bonds is 8. The Labute approximate surface area is 303 Å². The lowest BCUT2D eigenvalue weighted by atomic mass is 10.0. The first kappa shape index (κ1) is 41.2. The first-order valence-electron chi connectivity index (χ1n) is 15.4. The van der Waals surface area contributed by atoms with E-state index in [4.69, 9.17) is 44.3 Å². The van der Waals surface area contributed by atoms with E-state index in [1.165, 1.54) is 14.2 Å². The molecule has 0 radical (unpaired) electrons. The van der Waals surface area contributed by atoms with Crippen LogP contribution in [0.4, 0.5) is 0 Å². The number of phenolic OH excluding ortho intramolecular Hbond substituents is 1. The Morgan fingerprint density at radius 1 is 0.653 bits per heavy atom. The summed E-state index contributed by atoms with van der Waals surface area (Å²) in [6.07, 6.45) is 0.481. The summed E-state index contributed by atoms with van der Waals surface area (Å²) in [5, 5.41) is 26.0. The second-order valence-corrected chi connectivity index (χ2v) is 13.0. The molecular formula is C36H43Cl3N4O6. The van der Waals surface area contributed by atoms with E-state index >= 15 is 0 Å². The molecule has 264 valence electrons. The van der Waals surface area contributed by atoms with Crippen LogP contribution in [0, 0.1) is 27.7 Å². The van der Waals surface area contributed by atoms with Gasteiger partial charge in [0.1, 0.15) is 11.5 Å². The summed E-state index contributed by atoms with van der Waals surface area (Å²) in [5.41, 5.74) is 6.96. The van der Waals surface area contributed by atoms with E-state index in [-0.39, 0.29) is 30.7 Å². The number of carbonyl (C=O) groups excluding carboxylic acids is 2. The van der Waals surface area contributed by atoms with E-state index in [1.807, 2.05) is 67.5 Å². The van der Waals surface area contributed by atoms with Crippen molar-refractivity contribution in [1.82, 2.24) is 20.4 Å². The average Bonchev–Trinajstić information content (AvgIpc) is 3.03. The van der Waals surface area contributed by atoms with Crippen LogP contribution in [0.3, 0.4) is 0 Å². The number of halogens is 3. The molecular weight excluding hydrogens is 691 g/mol. The van der Waals surface area contributed by atoms with Crippen LogP contribution in [0.15, 0.2) is 36.4 Å². The van der Waals surface area contributed by atoms with E-state index in [0.29, 0.717) is 38.8 Å². The molecule has 0 atom stereocenters. The number of aryl methyl sites for hydroxylation is 4. The molecule has 0 saturated carbocycles. The molecule has 2 aromatic carbocycles. The van der Waals surface area contributed by atoms with Gasteiger partial charge in [-0.1, -0.05) is 86.8 Å². The van der Waals surface area contributed by atoms with E-state index in [2.05, 4.69) is 25.1 Å². The highest BCUT2D eigenvalue weighted by atomic mass is 35.5. The van der Waals surface area contributed by atoms with Gasteiger partial charge in [-0.3, -0.25) is 9.59 Å². The number of nitrogens with zero attached hydrogens (tertiary/aromatic N) is 4. The Morgan fingerprint density at radius 2 is 1.06 bits per heavy atom. The third-order valence-electron chi connectivity index (χ3n) is 7.17. The van der Waals surface area contributed by atoms with Gasteiger partial charge in [0.25, 0.3) is 0 Å². The third-order valence-corrected chi connectivity index (χ3v) is 7.95. The van der Waals surface area contributed by atoms with Crippen LogP contribution in [0.1, 0.15) is 84.0 Å². The number of benzene rings is 2. The zero-order chi connectivity index (χ0) is 37.0. The maximum absolute atomic E-state index is 11.4. The summed E-state index contributed by atoms with van der Waals surface area (Å²) in [5.74, 6) is 1.40. The minimum atomic E-state index is -0.271. The standard InChI is InChI=1S/C18H21ClN2O3.C11H14O3.C7H8Cl2N2/c1-10(2)14-9-15(20-21-18(14)19)24-17-11(3)6-13(7-12(17)4)8-16(22)23-5;1-7-4-9(6-10(12)14-3)5-8(2)11(7)13;1-4(2)5-3-6(8)10-11-7(5)9/h6-7,9-10H,8H2,1-5H3;4-5,13H,6H2,1-3H3;3-4H,1-2H3. The van der Waals surface area contributed by atoms with Gasteiger partial charge in [-0.2, -0.15) is 0 Å². The normalized spacial score (nSPS) is 10.5. The average molecular weight is 734 g/mol. The molecule has 2 aromatic heterocycles. The Hall–Kier alpha value is -3.99. The fourth-order valence-electron chi connectivity index (χ4n) is 4.63. The van der Waals surface area contributed by atoms with Crippen molar-refractivity contribution < 1.29 is 28.9 Å². The maximum atomic E-state index is 11.4. The van der Waals surface area contributed by atoms with E-state index in [0.717, 1.165) is 44.5 Å². The molecule has 0 amide bonds. The highest BCUT2D eigenvalue weighted by molar-refractivity contribution is 6.31. The molecule has 4 rings (SSSR count). The highest BCUT2D eigenvalue weighted by Crippen LogP contribution is 2.32. The number of esters is 2. The van der Waals surface area contributed by atoms with Crippen LogP contribution in [0.25, 0.3) is 0 Å². The number of aromatic nitrogens is 4. The van der Waals surface area contributed by atoms with E-state index < -0.39 is 0 Å². The highest BCUT2D eigenvalue weighted by Gasteiger charge is 2.14. The molecule has 0 aliphatic heterocycles. The van der Waals surface area contributed by atoms with Gasteiger partial charge >= 0.3 is 11.9 Å². The number of hydrogen-bond donors (Lipinski definition) is 1. The van der Waals surface area contributed by atoms with E-state index in [1.54, 1.807) is 24.3 Å². The Bertz CT molecular complexity index is 1720. The summed E-state index contributed by atoms with van der Waals surface area (Å²) in [4.78, 5) is 22.4. The smallest absolute Gasteiger partial charge is 0.309 e. The SMILES string of the molecule is CC(C)c1cc(Cl)nnc1Cl.COC(=O)Cc1cc(C)c(O)c(C)c1.COC(=O)Cc1cc(C)c(Oc2cc(C(C)C)c(Cl)nn2)c(C)c1. The third kappa shape index (κ3) is 12.8. The van der Waals surface area contributed by atoms with Crippen molar-refractivity contribution >= 4 is 46.7 Å². The number of ether oxygens (including phenoxy) is 3. The number of methoxy groups -OCH3 is 2. The van der Waals surface area contributed by atoms with Crippen molar-refractivity contribution in [3.8, 4) is 17.4 Å². The Morgan fingerprint density at radius 3 is 1.47 bits per heavy atom. The number of phenols is 1. The molecule has 10 nitrogen and oxygen atoms in total. The van der Waals surface area contributed by atoms with Gasteiger partial charge in [0, 0.05) is 6.07 Å². The zero-order valence-electron chi connectivity index (χ0n) is 29.4. The van der Waals surface area contributed by atoms with Crippen molar-refractivity contribution in [2.24, 2.45) is 0 Å². The van der Waals surface area contributed by atoms with Crippen molar-refractivity contribution in [3.63, 3.8) is 0 Å². The topological polar surface area (TPSA) is 134 Å². The molecule has 0 spiro atoms. The van der Waals surface area contributed by atoms with Crippen molar-refractivity contribution in [1.29, 1.82) is 0 Å². The van der Waals surface area contributed by atoms with Crippen molar-refractivity contribution in [3.05, 3.63) is 96.4 Å². The first-order valence-corrected chi connectivity index (χ1v) is 16.5. The van der Waals surface area contributed by atoms with Gasteiger partial charge in [-0.15, -0.1) is 20.4 Å². The molecule has 49 heavy (non-hydrogen) atoms. The van der Waals surface area contributed by atoms with Crippen LogP contribution in [-0.4, -0.2) is 51.7 Å². The van der Waals surface area contributed by atoms with Gasteiger partial charge < -0.3 is 19.3 Å². The first-order chi connectivity index (χ1) is 23.0. The minimum Gasteiger partial charge on any atom is -0.507 e. The predicted molar refractivity (Wildman–Crippen MR) is 192 cm³/mol. The van der Waals surface area contributed by atoms with Gasteiger partial charge in [0.2, 0.25) is 5.88 Å². The molecule has 4 aromatic rings. The van der Waals surface area contributed by atoms with Crippen LogP contribution in [-0.2, 0) is 31.9 Å². The molecule has 0 aliphatic rings. The molecule has 13 heteroatoms. The Balaban J connectivity index is 0.000000282. The monoisotopic (exact) mass is 732 g/mol. The molecule has 0 saturated heterocycles. The van der Waals surface area contributed by atoms with Gasteiger partial charge in [0.15, 0.2) is 15.5 Å². The second kappa shape index (κ2) is 19.3. The summed E-state index contributed by atoms with van der Waals surface area (Å²) in [7, 11) is 2.74. The fourth-order valence-corrected chi connectivity index (χ4v) is 5.41. The molecule has 0 bridgehead atoms. The number of aromatic hydroxyl groups is 1. The molecule has 0 aliphatic carbocycles. The van der Waals surface area contributed by atoms with Crippen LogP contribution >= 0.6 is 34.8 Å². The molecule has 1 N–H and O–H groups in total. The summed E-state index contributed by atoms with van der Waals surface area (Å²) >= 11 is 17.5. The number of carbonyl (C=O) groups is 2. The fraction of sp³-hybridized carbons (Fsp3) is 0.389. The van der Waals surface area contributed by atoms with Gasteiger partial charge in [-0.25, -0.2) is 0 Å². The van der Waals surface area contributed by atoms with Crippen molar-refractivity contribution in [2.75, 3.05) is 14.2 Å². The Kier molecular flexibility index (Phi) is 16.2. The lowest BCUT2D eigenvalue weighted by molar-refractivity contribution is -0.140. The molecule has 0 fully saturated rings. The predicted octanol–water partition coefficient (Wildman–Crippen LogP) is 9.01. The maximum Gasteiger partial charge on any atom is 0.309 e. The summed E-state index contributed by atoms with van der Waals surface area (Å²) < 4.78 is 15.2. The van der Waals surface area contributed by atoms with Crippen LogP contribution in [0.5, 0.6) is 17.4 Å². The summed E-state index contributed by atoms with van der Waals surface area (Å²) in [6, 6.07) is 10.9. The summed E-state index contributed by atoms with van der Waals surface area (Å²) in [6.45, 7) is 15.6. The van der Waals surface area contributed by atoms with Crippen LogP contribution in [0.2, 0.25) is 15.5 Å².